The van der Waals surface area contributed by atoms with Crippen LogP contribution in [0.2, 0.25) is 0 Å². The third-order valence-corrected chi connectivity index (χ3v) is 4.79. The summed E-state index contributed by atoms with van der Waals surface area (Å²) in [4.78, 5) is 39.0. The van der Waals surface area contributed by atoms with Crippen LogP contribution < -0.4 is 0 Å². The summed E-state index contributed by atoms with van der Waals surface area (Å²) in [5.41, 5.74) is 1.07. The van der Waals surface area contributed by atoms with Gasteiger partial charge in [-0.15, -0.1) is 0 Å². The second-order valence-electron chi connectivity index (χ2n) is 6.45. The number of hydrogen-bond donors (Lipinski definition) is 1. The third-order valence-electron chi connectivity index (χ3n) is 4.79. The van der Waals surface area contributed by atoms with Gasteiger partial charge in [-0.25, -0.2) is 4.79 Å². The summed E-state index contributed by atoms with van der Waals surface area (Å²) < 4.78 is 5.17. The van der Waals surface area contributed by atoms with Gasteiger partial charge >= 0.3 is 5.97 Å². The van der Waals surface area contributed by atoms with Gasteiger partial charge in [0, 0.05) is 21.9 Å². The van der Waals surface area contributed by atoms with Crippen molar-refractivity contribution in [2.45, 2.75) is 13.8 Å². The van der Waals surface area contributed by atoms with Gasteiger partial charge in [-0.3, -0.25) is 9.59 Å². The van der Waals surface area contributed by atoms with Crippen LogP contribution in [0.1, 0.15) is 54.7 Å². The Kier molecular flexibility index (Phi) is 3.81. The number of aryl methyl sites for hydroxylation is 1. The van der Waals surface area contributed by atoms with Crippen molar-refractivity contribution < 1.29 is 24.2 Å². The molecule has 3 aromatic carbocycles. The normalized spacial score (nSPS) is 12.7. The number of carbonyl (C=O) groups is 3. The monoisotopic (exact) mass is 360 g/mol. The quantitative estimate of drug-likeness (QED) is 0.550. The molecule has 1 N–H and O–H groups in total. The Morgan fingerprint density at radius 3 is 2.22 bits per heavy atom. The first kappa shape index (κ1) is 17.0. The van der Waals surface area contributed by atoms with Crippen LogP contribution in [0.25, 0.3) is 10.8 Å². The highest BCUT2D eigenvalue weighted by Crippen LogP contribution is 2.41. The fraction of sp³-hybridized carbons (Fsp3) is 0.136. The van der Waals surface area contributed by atoms with E-state index >= 15 is 0 Å². The van der Waals surface area contributed by atoms with E-state index in [2.05, 4.69) is 0 Å². The molecule has 0 spiro atoms. The lowest BCUT2D eigenvalue weighted by molar-refractivity contribution is 0.0526. The molecule has 1 aliphatic rings. The average Bonchev–Trinajstić information content (AvgIpc) is 2.66. The number of benzene rings is 3. The second kappa shape index (κ2) is 6.06. The zero-order valence-electron chi connectivity index (χ0n) is 14.8. The van der Waals surface area contributed by atoms with E-state index in [0.29, 0.717) is 10.8 Å². The standard InChI is InChI=1S/C22H16O5/c1-3-27-22(26)16-15-10-11(2)8-9-14(15)21(25)18-17(16)19(23)12-6-4-5-7-13(12)20(18)24/h4-10,25H,3H2,1-2H3. The van der Waals surface area contributed by atoms with Crippen molar-refractivity contribution in [3.8, 4) is 5.75 Å². The first-order valence-electron chi connectivity index (χ1n) is 8.60. The van der Waals surface area contributed by atoms with Crippen LogP contribution in [0.5, 0.6) is 5.75 Å². The Morgan fingerprint density at radius 2 is 1.59 bits per heavy atom. The zero-order valence-corrected chi connectivity index (χ0v) is 14.8. The van der Waals surface area contributed by atoms with Crippen molar-refractivity contribution in [3.63, 3.8) is 0 Å². The van der Waals surface area contributed by atoms with E-state index in [4.69, 9.17) is 4.74 Å². The van der Waals surface area contributed by atoms with Gasteiger partial charge in [0.25, 0.3) is 0 Å². The van der Waals surface area contributed by atoms with Gasteiger partial charge < -0.3 is 9.84 Å². The number of esters is 1. The number of ketones is 2. The number of phenolic OH excluding ortho intramolecular Hbond substituents is 1. The minimum absolute atomic E-state index is 0.0243. The molecule has 3 aromatic rings. The first-order valence-corrected chi connectivity index (χ1v) is 8.60. The maximum Gasteiger partial charge on any atom is 0.339 e. The predicted molar refractivity (Wildman–Crippen MR) is 99.6 cm³/mol. The molecule has 0 saturated carbocycles. The summed E-state index contributed by atoms with van der Waals surface area (Å²) in [5.74, 6) is -1.93. The molecule has 0 heterocycles. The van der Waals surface area contributed by atoms with E-state index in [-0.39, 0.29) is 40.2 Å². The summed E-state index contributed by atoms with van der Waals surface area (Å²) in [6.45, 7) is 3.63. The number of phenols is 1. The molecule has 134 valence electrons. The summed E-state index contributed by atoms with van der Waals surface area (Å²) >= 11 is 0. The van der Waals surface area contributed by atoms with Gasteiger partial charge in [0.05, 0.1) is 23.3 Å². The summed E-state index contributed by atoms with van der Waals surface area (Å²) in [5, 5.41) is 11.5. The highest BCUT2D eigenvalue weighted by molar-refractivity contribution is 6.34. The maximum absolute atomic E-state index is 13.2. The molecular weight excluding hydrogens is 344 g/mol. The average molecular weight is 360 g/mol. The van der Waals surface area contributed by atoms with Gasteiger partial charge in [0.1, 0.15) is 5.75 Å². The molecule has 0 bridgehead atoms. The minimum atomic E-state index is -0.690. The maximum atomic E-state index is 13.2. The third kappa shape index (κ3) is 2.35. The minimum Gasteiger partial charge on any atom is -0.507 e. The van der Waals surface area contributed by atoms with Gasteiger partial charge in [-0.2, -0.15) is 0 Å². The van der Waals surface area contributed by atoms with Crippen molar-refractivity contribution in [1.82, 2.24) is 0 Å². The molecule has 0 amide bonds. The molecule has 1 aliphatic carbocycles. The van der Waals surface area contributed by atoms with Crippen LogP contribution in [-0.2, 0) is 4.74 Å². The lowest BCUT2D eigenvalue weighted by atomic mass is 9.79. The molecule has 0 radical (unpaired) electrons. The van der Waals surface area contributed by atoms with Gasteiger partial charge in [0.15, 0.2) is 11.6 Å². The molecule has 5 heteroatoms. The van der Waals surface area contributed by atoms with E-state index in [1.54, 1.807) is 49.4 Å². The molecule has 0 fully saturated rings. The number of aromatic hydroxyl groups is 1. The number of carbonyl (C=O) groups excluding carboxylic acids is 3. The number of rotatable bonds is 2. The zero-order chi connectivity index (χ0) is 19.3. The van der Waals surface area contributed by atoms with Crippen LogP contribution >= 0.6 is 0 Å². The highest BCUT2D eigenvalue weighted by Gasteiger charge is 2.37. The van der Waals surface area contributed by atoms with Gasteiger partial charge in [0.2, 0.25) is 0 Å². The van der Waals surface area contributed by atoms with E-state index in [1.165, 1.54) is 0 Å². The molecule has 0 aliphatic heterocycles. The highest BCUT2D eigenvalue weighted by atomic mass is 16.5. The Bertz CT molecular complexity index is 1160. The summed E-state index contributed by atoms with van der Waals surface area (Å²) in [7, 11) is 0. The van der Waals surface area contributed by atoms with Gasteiger partial charge in [-0.1, -0.05) is 48.0 Å². The van der Waals surface area contributed by atoms with E-state index in [0.717, 1.165) is 5.56 Å². The van der Waals surface area contributed by atoms with Crippen molar-refractivity contribution in [2.24, 2.45) is 0 Å². The Labute approximate surface area is 155 Å². The van der Waals surface area contributed by atoms with Crippen molar-refractivity contribution in [2.75, 3.05) is 6.61 Å². The molecular formula is C22H16O5. The topological polar surface area (TPSA) is 80.7 Å². The lowest BCUT2D eigenvalue weighted by Gasteiger charge is -2.22. The molecule has 0 unspecified atom stereocenters. The summed E-state index contributed by atoms with van der Waals surface area (Å²) in [6, 6.07) is 11.5. The van der Waals surface area contributed by atoms with Crippen LogP contribution in [0, 0.1) is 6.92 Å². The van der Waals surface area contributed by atoms with Crippen molar-refractivity contribution in [1.29, 1.82) is 0 Å². The van der Waals surface area contributed by atoms with Crippen molar-refractivity contribution in [3.05, 3.63) is 75.8 Å². The predicted octanol–water partition coefficient (Wildman–Crippen LogP) is 3.81. The largest absolute Gasteiger partial charge is 0.507 e. The smallest absolute Gasteiger partial charge is 0.339 e. The first-order chi connectivity index (χ1) is 13.0. The molecule has 0 aromatic heterocycles. The van der Waals surface area contributed by atoms with Crippen LogP contribution in [-0.4, -0.2) is 29.2 Å². The fourth-order valence-electron chi connectivity index (χ4n) is 3.60. The van der Waals surface area contributed by atoms with Gasteiger partial charge in [-0.05, 0) is 13.8 Å². The van der Waals surface area contributed by atoms with E-state index < -0.39 is 17.5 Å². The van der Waals surface area contributed by atoms with Crippen molar-refractivity contribution >= 4 is 28.3 Å². The second-order valence-corrected chi connectivity index (χ2v) is 6.45. The molecule has 5 nitrogen and oxygen atoms in total. The van der Waals surface area contributed by atoms with Crippen LogP contribution in [0.3, 0.4) is 0 Å². The van der Waals surface area contributed by atoms with E-state index in [9.17, 15) is 19.5 Å². The Balaban J connectivity index is 2.19. The molecule has 0 atom stereocenters. The van der Waals surface area contributed by atoms with Crippen LogP contribution in [0.4, 0.5) is 0 Å². The fourth-order valence-corrected chi connectivity index (χ4v) is 3.60. The van der Waals surface area contributed by atoms with Crippen LogP contribution in [0.15, 0.2) is 42.5 Å². The Morgan fingerprint density at radius 1 is 0.963 bits per heavy atom. The number of ether oxygens (including phenoxy) is 1. The van der Waals surface area contributed by atoms with E-state index in [1.807, 2.05) is 6.92 Å². The lowest BCUT2D eigenvalue weighted by Crippen LogP contribution is -2.25. The molecule has 27 heavy (non-hydrogen) atoms. The molecule has 4 rings (SSSR count). The molecule has 0 saturated heterocycles. The Hall–Kier alpha value is -3.47. The summed E-state index contributed by atoms with van der Waals surface area (Å²) in [6.07, 6.45) is 0. The number of hydrogen-bond acceptors (Lipinski definition) is 5. The number of fused-ring (bicyclic) bond motifs is 3. The SMILES string of the molecule is CCOC(=O)c1c2c(c(O)c3ccc(C)cc13)C(=O)c1ccccc1C2=O.